The number of benzene rings is 1. The third kappa shape index (κ3) is 1.44. The molecule has 2 amide bonds. The third-order valence-corrected chi connectivity index (χ3v) is 1.97. The van der Waals surface area contributed by atoms with Gasteiger partial charge in [0.1, 0.15) is 5.82 Å². The summed E-state index contributed by atoms with van der Waals surface area (Å²) in [7, 11) is 0. The average molecular weight is 194 g/mol. The zero-order chi connectivity index (χ0) is 10.1. The summed E-state index contributed by atoms with van der Waals surface area (Å²) in [5.74, 6) is -1.92. The topological polar surface area (TPSA) is 58.2 Å². The molecule has 2 rings (SSSR count). The summed E-state index contributed by atoms with van der Waals surface area (Å²) in [5.41, 5.74) is 1.03. The van der Waals surface area contributed by atoms with Crippen molar-refractivity contribution in [2.75, 3.05) is 5.32 Å². The second-order valence-electron chi connectivity index (χ2n) is 2.94. The van der Waals surface area contributed by atoms with Crippen LogP contribution in [0.1, 0.15) is 5.56 Å². The van der Waals surface area contributed by atoms with E-state index in [1.54, 1.807) is 0 Å². The SMILES string of the molecule is O=C1NCc2ccc(F)cc2NC1=O. The van der Waals surface area contributed by atoms with Crippen molar-refractivity contribution in [3.05, 3.63) is 29.6 Å². The molecule has 1 aliphatic heterocycles. The zero-order valence-electron chi connectivity index (χ0n) is 7.13. The van der Waals surface area contributed by atoms with Gasteiger partial charge in [-0.05, 0) is 17.7 Å². The van der Waals surface area contributed by atoms with Gasteiger partial charge in [0, 0.05) is 12.2 Å². The highest BCUT2D eigenvalue weighted by molar-refractivity contribution is 6.40. The normalized spacial score (nSPS) is 15.2. The molecule has 1 aromatic carbocycles. The fourth-order valence-electron chi connectivity index (χ4n) is 1.25. The van der Waals surface area contributed by atoms with Gasteiger partial charge in [0.25, 0.3) is 0 Å². The Morgan fingerprint density at radius 1 is 1.21 bits per heavy atom. The second-order valence-corrected chi connectivity index (χ2v) is 2.94. The Kier molecular flexibility index (Phi) is 1.92. The Bertz CT molecular complexity index is 417. The summed E-state index contributed by atoms with van der Waals surface area (Å²) >= 11 is 0. The maximum absolute atomic E-state index is 12.8. The standard InChI is InChI=1S/C9H7FN2O2/c10-6-2-1-5-4-11-8(13)9(14)12-7(5)3-6/h1-3H,4H2,(H,11,13)(H,12,14). The van der Waals surface area contributed by atoms with E-state index in [1.807, 2.05) is 0 Å². The lowest BCUT2D eigenvalue weighted by atomic mass is 10.2. The lowest BCUT2D eigenvalue weighted by Crippen LogP contribution is -2.31. The molecule has 0 radical (unpaired) electrons. The Hall–Kier alpha value is -1.91. The number of anilines is 1. The van der Waals surface area contributed by atoms with E-state index < -0.39 is 17.6 Å². The van der Waals surface area contributed by atoms with Crippen molar-refractivity contribution >= 4 is 17.5 Å². The number of carbonyl (C=O) groups is 2. The number of halogens is 1. The fourth-order valence-corrected chi connectivity index (χ4v) is 1.25. The molecule has 5 heteroatoms. The minimum atomic E-state index is -0.769. The molecule has 0 saturated heterocycles. The predicted molar refractivity (Wildman–Crippen MR) is 46.9 cm³/mol. The van der Waals surface area contributed by atoms with Gasteiger partial charge in [-0.1, -0.05) is 6.07 Å². The number of carbonyl (C=O) groups excluding carboxylic acids is 2. The van der Waals surface area contributed by atoms with Crippen LogP contribution < -0.4 is 10.6 Å². The Balaban J connectivity index is 2.43. The highest BCUT2D eigenvalue weighted by Crippen LogP contribution is 2.18. The first-order valence-electron chi connectivity index (χ1n) is 4.04. The van der Waals surface area contributed by atoms with Crippen LogP contribution in [0.15, 0.2) is 18.2 Å². The van der Waals surface area contributed by atoms with Gasteiger partial charge in [0.05, 0.1) is 0 Å². The quantitative estimate of drug-likeness (QED) is 0.587. The molecule has 1 aromatic rings. The average Bonchev–Trinajstić information content (AvgIpc) is 2.27. The molecule has 72 valence electrons. The van der Waals surface area contributed by atoms with E-state index in [2.05, 4.69) is 10.6 Å². The first-order chi connectivity index (χ1) is 6.66. The lowest BCUT2D eigenvalue weighted by Gasteiger charge is -2.04. The molecule has 0 bridgehead atoms. The van der Waals surface area contributed by atoms with Crippen molar-refractivity contribution in [1.82, 2.24) is 5.32 Å². The monoisotopic (exact) mass is 194 g/mol. The maximum Gasteiger partial charge on any atom is 0.313 e. The molecule has 0 unspecified atom stereocenters. The van der Waals surface area contributed by atoms with Crippen molar-refractivity contribution in [3.8, 4) is 0 Å². The molecule has 0 aromatic heterocycles. The van der Waals surface area contributed by atoms with Crippen LogP contribution in [0.2, 0.25) is 0 Å². The molecular formula is C9H7FN2O2. The fraction of sp³-hybridized carbons (Fsp3) is 0.111. The summed E-state index contributed by atoms with van der Waals surface area (Å²) in [6.07, 6.45) is 0. The molecule has 0 saturated carbocycles. The van der Waals surface area contributed by atoms with Gasteiger partial charge >= 0.3 is 11.8 Å². The largest absolute Gasteiger partial charge is 0.344 e. The summed E-state index contributed by atoms with van der Waals surface area (Å²) in [4.78, 5) is 22.0. The van der Waals surface area contributed by atoms with Crippen LogP contribution in [-0.2, 0) is 16.1 Å². The van der Waals surface area contributed by atoms with Crippen LogP contribution in [0.3, 0.4) is 0 Å². The van der Waals surface area contributed by atoms with Gasteiger partial charge in [-0.25, -0.2) is 4.39 Å². The van der Waals surface area contributed by atoms with Crippen LogP contribution >= 0.6 is 0 Å². The predicted octanol–water partition coefficient (Wildman–Crippen LogP) is 0.394. The van der Waals surface area contributed by atoms with E-state index in [0.717, 1.165) is 0 Å². The van der Waals surface area contributed by atoms with E-state index >= 15 is 0 Å². The molecule has 0 atom stereocenters. The molecule has 14 heavy (non-hydrogen) atoms. The van der Waals surface area contributed by atoms with Crippen LogP contribution in [0.25, 0.3) is 0 Å². The van der Waals surface area contributed by atoms with Crippen LogP contribution in [0, 0.1) is 5.82 Å². The second kappa shape index (κ2) is 3.10. The summed E-state index contributed by atoms with van der Waals surface area (Å²) in [5, 5.41) is 4.72. The summed E-state index contributed by atoms with van der Waals surface area (Å²) < 4.78 is 12.8. The zero-order valence-corrected chi connectivity index (χ0v) is 7.13. The Labute approximate surface area is 79.1 Å². The van der Waals surface area contributed by atoms with Gasteiger partial charge in [0.2, 0.25) is 0 Å². The van der Waals surface area contributed by atoms with Crippen LogP contribution in [0.5, 0.6) is 0 Å². The van der Waals surface area contributed by atoms with Crippen molar-refractivity contribution in [3.63, 3.8) is 0 Å². The lowest BCUT2D eigenvalue weighted by molar-refractivity contribution is -0.136. The van der Waals surface area contributed by atoms with E-state index in [1.165, 1.54) is 18.2 Å². The van der Waals surface area contributed by atoms with Crippen molar-refractivity contribution in [2.24, 2.45) is 0 Å². The smallest absolute Gasteiger partial charge is 0.313 e. The Morgan fingerprint density at radius 3 is 2.79 bits per heavy atom. The minimum Gasteiger partial charge on any atom is -0.344 e. The number of rotatable bonds is 0. The van der Waals surface area contributed by atoms with Crippen molar-refractivity contribution < 1.29 is 14.0 Å². The summed E-state index contributed by atoms with van der Waals surface area (Å²) in [6.45, 7) is 0.229. The van der Waals surface area contributed by atoms with Gasteiger partial charge in [0.15, 0.2) is 0 Å². The summed E-state index contributed by atoms with van der Waals surface area (Å²) in [6, 6.07) is 3.99. The van der Waals surface area contributed by atoms with Crippen LogP contribution in [0.4, 0.5) is 10.1 Å². The number of nitrogens with one attached hydrogen (secondary N) is 2. The molecule has 0 spiro atoms. The van der Waals surface area contributed by atoms with Gasteiger partial charge in [-0.3, -0.25) is 9.59 Å². The molecule has 4 nitrogen and oxygen atoms in total. The molecule has 2 N–H and O–H groups in total. The molecule has 0 aliphatic carbocycles. The minimum absolute atomic E-state index is 0.229. The van der Waals surface area contributed by atoms with E-state index in [9.17, 15) is 14.0 Å². The highest BCUT2D eigenvalue weighted by Gasteiger charge is 2.19. The van der Waals surface area contributed by atoms with Gasteiger partial charge in [-0.15, -0.1) is 0 Å². The van der Waals surface area contributed by atoms with E-state index in [-0.39, 0.29) is 6.54 Å². The first kappa shape index (κ1) is 8.68. The number of fused-ring (bicyclic) bond motifs is 1. The van der Waals surface area contributed by atoms with E-state index in [4.69, 9.17) is 0 Å². The molecule has 0 fully saturated rings. The number of hydrogen-bond acceptors (Lipinski definition) is 2. The molecular weight excluding hydrogens is 187 g/mol. The first-order valence-corrected chi connectivity index (χ1v) is 4.04. The van der Waals surface area contributed by atoms with Crippen LogP contribution in [-0.4, -0.2) is 11.8 Å². The molecule has 1 aliphatic rings. The third-order valence-electron chi connectivity index (χ3n) is 1.97. The number of hydrogen-bond donors (Lipinski definition) is 2. The van der Waals surface area contributed by atoms with Crippen molar-refractivity contribution in [1.29, 1.82) is 0 Å². The molecule has 1 heterocycles. The van der Waals surface area contributed by atoms with Gasteiger partial charge < -0.3 is 10.6 Å². The maximum atomic E-state index is 12.8. The number of amides is 2. The Morgan fingerprint density at radius 2 is 2.00 bits per heavy atom. The highest BCUT2D eigenvalue weighted by atomic mass is 19.1. The van der Waals surface area contributed by atoms with Crippen molar-refractivity contribution in [2.45, 2.75) is 6.54 Å². The van der Waals surface area contributed by atoms with E-state index in [0.29, 0.717) is 11.3 Å². The van der Waals surface area contributed by atoms with Gasteiger partial charge in [-0.2, -0.15) is 0 Å².